The lowest BCUT2D eigenvalue weighted by molar-refractivity contribution is 0.101. The Morgan fingerprint density at radius 3 is 2.47 bits per heavy atom. The van der Waals surface area contributed by atoms with Crippen LogP contribution in [0.4, 0.5) is 15.8 Å². The van der Waals surface area contributed by atoms with Gasteiger partial charge in [-0.2, -0.15) is 0 Å². The molecule has 0 saturated carbocycles. The van der Waals surface area contributed by atoms with E-state index in [4.69, 9.17) is 16.6 Å². The van der Waals surface area contributed by atoms with Crippen molar-refractivity contribution in [2.75, 3.05) is 38.5 Å². The molecular weight excluding hydrogens is 505 g/mol. The lowest BCUT2D eigenvalue weighted by Crippen LogP contribution is -2.43. The van der Waals surface area contributed by atoms with Crippen LogP contribution in [-0.4, -0.2) is 63.9 Å². The number of rotatable bonds is 6. The van der Waals surface area contributed by atoms with Crippen molar-refractivity contribution in [1.29, 1.82) is 0 Å². The van der Waals surface area contributed by atoms with E-state index in [0.29, 0.717) is 33.5 Å². The van der Waals surface area contributed by atoms with Gasteiger partial charge in [-0.15, -0.1) is 0 Å². The number of benzene rings is 2. The number of halogens is 2. The third-order valence-electron chi connectivity index (χ3n) is 6.63. The summed E-state index contributed by atoms with van der Waals surface area (Å²) in [5, 5.41) is 12.9. The van der Waals surface area contributed by atoms with E-state index >= 15 is 0 Å². The van der Waals surface area contributed by atoms with Crippen LogP contribution in [0, 0.1) is 5.82 Å². The summed E-state index contributed by atoms with van der Waals surface area (Å²) >= 11 is 5.98. The van der Waals surface area contributed by atoms with Crippen LogP contribution in [0.5, 0.6) is 5.75 Å². The number of pyridine rings is 2. The number of ketones is 1. The fourth-order valence-electron chi connectivity index (χ4n) is 4.44. The molecule has 7 nitrogen and oxygen atoms in total. The zero-order chi connectivity index (χ0) is 26.1. The minimum Gasteiger partial charge on any atom is -0.504 e. The molecule has 9 heteroatoms. The number of carbonyl (C=O) groups is 1. The molecule has 0 unspecified atom stereocenters. The number of piperazine rings is 1. The standard InChI is InChI=1S/C28H27ClFN5O2.CH4/c1-17(36)21-15-31-25-8-7-24(19-13-22(29)28(37)23(30)14-19)33-27(25)26(21)32-20-5-3-18(4-6-20)16-35-11-9-34(2)10-12-35;/h3-8,13-15,37H,9-12,16H2,1-2H3,(H,31,32);1H4. The molecule has 198 valence electrons. The number of phenols is 1. The molecule has 3 heterocycles. The van der Waals surface area contributed by atoms with Gasteiger partial charge in [-0.05, 0) is 55.9 Å². The van der Waals surface area contributed by atoms with Crippen LogP contribution in [0.15, 0.2) is 54.7 Å². The van der Waals surface area contributed by atoms with Crippen LogP contribution in [0.2, 0.25) is 5.02 Å². The van der Waals surface area contributed by atoms with Crippen molar-refractivity contribution in [3.05, 3.63) is 76.7 Å². The predicted molar refractivity (Wildman–Crippen MR) is 151 cm³/mol. The molecule has 2 aromatic heterocycles. The number of hydrogen-bond acceptors (Lipinski definition) is 7. The number of aromatic hydroxyl groups is 1. The number of phenolic OH excluding ortho intramolecular Hbond substituents is 1. The molecule has 0 spiro atoms. The van der Waals surface area contributed by atoms with Gasteiger partial charge >= 0.3 is 0 Å². The van der Waals surface area contributed by atoms with Crippen LogP contribution in [-0.2, 0) is 6.54 Å². The molecule has 1 saturated heterocycles. The highest BCUT2D eigenvalue weighted by Gasteiger charge is 2.17. The molecule has 1 aliphatic rings. The largest absolute Gasteiger partial charge is 0.504 e. The first-order valence-corrected chi connectivity index (χ1v) is 12.4. The normalized spacial score (nSPS) is 14.3. The number of fused-ring (bicyclic) bond motifs is 1. The van der Waals surface area contributed by atoms with E-state index in [1.54, 1.807) is 12.1 Å². The molecule has 1 fully saturated rings. The minimum atomic E-state index is -0.838. The van der Waals surface area contributed by atoms with E-state index in [1.807, 2.05) is 12.1 Å². The highest BCUT2D eigenvalue weighted by Crippen LogP contribution is 2.34. The van der Waals surface area contributed by atoms with E-state index in [0.717, 1.165) is 38.4 Å². The molecule has 0 aliphatic carbocycles. The zero-order valence-corrected chi connectivity index (χ0v) is 21.4. The van der Waals surface area contributed by atoms with Crippen molar-refractivity contribution >= 4 is 39.8 Å². The van der Waals surface area contributed by atoms with Crippen LogP contribution < -0.4 is 5.32 Å². The van der Waals surface area contributed by atoms with Gasteiger partial charge in [0.2, 0.25) is 0 Å². The van der Waals surface area contributed by atoms with E-state index in [2.05, 4.69) is 39.3 Å². The summed E-state index contributed by atoms with van der Waals surface area (Å²) in [7, 11) is 2.14. The monoisotopic (exact) mass is 535 g/mol. The van der Waals surface area contributed by atoms with E-state index in [-0.39, 0.29) is 18.2 Å². The summed E-state index contributed by atoms with van der Waals surface area (Å²) in [4.78, 5) is 26.3. The molecule has 1 aliphatic heterocycles. The van der Waals surface area contributed by atoms with Crippen molar-refractivity contribution in [3.8, 4) is 17.0 Å². The van der Waals surface area contributed by atoms with Crippen molar-refractivity contribution in [2.24, 2.45) is 0 Å². The number of nitrogens with one attached hydrogen (secondary N) is 1. The Balaban J connectivity index is 0.00000336. The predicted octanol–water partition coefficient (Wildman–Crippen LogP) is 6.12. The van der Waals surface area contributed by atoms with Crippen LogP contribution in [0.1, 0.15) is 30.3 Å². The molecule has 0 bridgehead atoms. The first-order chi connectivity index (χ1) is 17.8. The minimum absolute atomic E-state index is 0. The molecule has 38 heavy (non-hydrogen) atoms. The van der Waals surface area contributed by atoms with Gasteiger partial charge < -0.3 is 15.3 Å². The van der Waals surface area contributed by atoms with E-state index < -0.39 is 11.6 Å². The Kier molecular flexibility index (Phi) is 8.26. The van der Waals surface area contributed by atoms with Crippen molar-refractivity contribution in [1.82, 2.24) is 19.8 Å². The maximum Gasteiger partial charge on any atom is 0.170 e. The first-order valence-electron chi connectivity index (χ1n) is 12.0. The average Bonchev–Trinajstić information content (AvgIpc) is 2.89. The van der Waals surface area contributed by atoms with Crippen molar-refractivity contribution < 1.29 is 14.3 Å². The van der Waals surface area contributed by atoms with Gasteiger partial charge in [-0.3, -0.25) is 14.7 Å². The average molecular weight is 536 g/mol. The van der Waals surface area contributed by atoms with Gasteiger partial charge in [0.1, 0.15) is 5.52 Å². The summed E-state index contributed by atoms with van der Waals surface area (Å²) in [5.41, 5.74) is 4.82. The number of likely N-dealkylation sites (N-methyl/N-ethyl adjacent to an activating group) is 1. The summed E-state index contributed by atoms with van der Waals surface area (Å²) in [6.45, 7) is 6.60. The molecule has 0 atom stereocenters. The number of carbonyl (C=O) groups excluding carboxylic acids is 1. The van der Waals surface area contributed by atoms with Gasteiger partial charge in [0.05, 0.1) is 27.5 Å². The Hall–Kier alpha value is -3.59. The topological polar surface area (TPSA) is 81.6 Å². The van der Waals surface area contributed by atoms with Crippen LogP contribution in [0.3, 0.4) is 0 Å². The fourth-order valence-corrected chi connectivity index (χ4v) is 4.64. The number of Topliss-reactive ketones (excluding diaryl/α,β-unsaturated/α-hetero) is 1. The van der Waals surface area contributed by atoms with Crippen LogP contribution in [0.25, 0.3) is 22.3 Å². The Morgan fingerprint density at radius 2 is 1.82 bits per heavy atom. The van der Waals surface area contributed by atoms with Gasteiger partial charge in [-0.1, -0.05) is 31.2 Å². The highest BCUT2D eigenvalue weighted by atomic mass is 35.5. The highest BCUT2D eigenvalue weighted by molar-refractivity contribution is 6.32. The zero-order valence-electron chi connectivity index (χ0n) is 20.6. The molecule has 0 radical (unpaired) electrons. The number of nitrogens with zero attached hydrogens (tertiary/aromatic N) is 4. The van der Waals surface area contributed by atoms with Gasteiger partial charge in [0.15, 0.2) is 17.3 Å². The summed E-state index contributed by atoms with van der Waals surface area (Å²) in [6, 6.07) is 14.2. The molecular formula is C29H31ClFN5O2. The number of hydrogen-bond donors (Lipinski definition) is 2. The second-order valence-corrected chi connectivity index (χ2v) is 9.76. The van der Waals surface area contributed by atoms with Crippen molar-refractivity contribution in [3.63, 3.8) is 0 Å². The Morgan fingerprint density at radius 1 is 1.11 bits per heavy atom. The van der Waals surface area contributed by atoms with Crippen molar-refractivity contribution in [2.45, 2.75) is 20.9 Å². The third kappa shape index (κ3) is 5.78. The lowest BCUT2D eigenvalue weighted by Gasteiger charge is -2.32. The Bertz CT molecular complexity index is 1450. The van der Waals surface area contributed by atoms with Gasteiger partial charge in [0, 0.05) is 50.2 Å². The quantitative estimate of drug-likeness (QED) is 0.288. The molecule has 5 rings (SSSR count). The van der Waals surface area contributed by atoms with Gasteiger partial charge in [-0.25, -0.2) is 9.37 Å². The second kappa shape index (κ2) is 11.4. The fraction of sp³-hybridized carbons (Fsp3) is 0.276. The molecule has 0 amide bonds. The summed E-state index contributed by atoms with van der Waals surface area (Å²) < 4.78 is 14.1. The summed E-state index contributed by atoms with van der Waals surface area (Å²) in [6.07, 6.45) is 1.53. The molecule has 4 aromatic rings. The smallest absolute Gasteiger partial charge is 0.170 e. The van der Waals surface area contributed by atoms with E-state index in [1.165, 1.54) is 30.8 Å². The third-order valence-corrected chi connectivity index (χ3v) is 6.92. The maximum absolute atomic E-state index is 14.1. The second-order valence-electron chi connectivity index (χ2n) is 9.36. The summed E-state index contributed by atoms with van der Waals surface area (Å²) in [5.74, 6) is -1.60. The maximum atomic E-state index is 14.1. The van der Waals surface area contributed by atoms with Crippen LogP contribution >= 0.6 is 11.6 Å². The van der Waals surface area contributed by atoms with Gasteiger partial charge in [0.25, 0.3) is 0 Å². The Labute approximate surface area is 226 Å². The number of anilines is 2. The molecule has 2 aromatic carbocycles. The first kappa shape index (κ1) is 27.4. The van der Waals surface area contributed by atoms with E-state index in [9.17, 15) is 14.3 Å². The lowest BCUT2D eigenvalue weighted by atomic mass is 10.1. The SMILES string of the molecule is C.CC(=O)c1cnc2ccc(-c3cc(F)c(O)c(Cl)c3)nc2c1Nc1ccc(CN2CCN(C)CC2)cc1. The number of aromatic nitrogens is 2. The molecule has 2 N–H and O–H groups in total.